The molecule has 0 bridgehead atoms. The number of pyridine rings is 1. The van der Waals surface area contributed by atoms with Crippen LogP contribution in [-0.4, -0.2) is 51.9 Å². The molecule has 3 rings (SSSR count). The van der Waals surface area contributed by atoms with Gasteiger partial charge in [0.05, 0.1) is 0 Å². The molecule has 0 spiro atoms. The van der Waals surface area contributed by atoms with Gasteiger partial charge in [-0.05, 0) is 37.2 Å². The molecule has 2 atom stereocenters. The number of carbonyl (C=O) groups is 2. The van der Waals surface area contributed by atoms with E-state index >= 15 is 0 Å². The number of rotatable bonds is 4. The first-order valence-electron chi connectivity index (χ1n) is 9.62. The lowest BCUT2D eigenvalue weighted by atomic mass is 9.83. The van der Waals surface area contributed by atoms with E-state index in [1.165, 1.54) is 10.6 Å². The number of aryl methyl sites for hydroxylation is 1. The zero-order valence-electron chi connectivity index (χ0n) is 16.0. The average Bonchev–Trinajstić information content (AvgIpc) is 2.62. The molecule has 6 nitrogen and oxygen atoms in total. The molecule has 0 radical (unpaired) electrons. The smallest absolute Gasteiger partial charge is 0.254 e. The second-order valence-electron chi connectivity index (χ2n) is 8.04. The molecule has 1 aromatic rings. The number of aromatic nitrogens is 1. The van der Waals surface area contributed by atoms with Gasteiger partial charge < -0.3 is 14.4 Å². The molecule has 6 heteroatoms. The van der Waals surface area contributed by atoms with E-state index in [9.17, 15) is 14.4 Å². The maximum Gasteiger partial charge on any atom is 0.254 e. The number of fused-ring (bicyclic) bond motifs is 1. The van der Waals surface area contributed by atoms with E-state index < -0.39 is 0 Å². The Morgan fingerprint density at radius 2 is 2.04 bits per heavy atom. The van der Waals surface area contributed by atoms with E-state index in [0.717, 1.165) is 25.8 Å². The Bertz CT molecular complexity index is 740. The molecule has 0 unspecified atom stereocenters. The number of carbonyl (C=O) groups excluding carboxylic acids is 2. The van der Waals surface area contributed by atoms with E-state index in [2.05, 4.69) is 18.7 Å². The van der Waals surface area contributed by atoms with Gasteiger partial charge in [0.15, 0.2) is 0 Å². The number of likely N-dealkylation sites (tertiary alicyclic amines) is 2. The van der Waals surface area contributed by atoms with Gasteiger partial charge in [-0.2, -0.15) is 0 Å². The average molecular weight is 359 g/mol. The van der Waals surface area contributed by atoms with Gasteiger partial charge in [0.25, 0.3) is 11.5 Å². The fourth-order valence-electron chi connectivity index (χ4n) is 4.09. The van der Waals surface area contributed by atoms with Crippen molar-refractivity contribution >= 4 is 11.8 Å². The van der Waals surface area contributed by atoms with Crippen molar-refractivity contribution in [1.82, 2.24) is 14.4 Å². The summed E-state index contributed by atoms with van der Waals surface area (Å²) in [6.45, 7) is 6.49. The largest absolute Gasteiger partial charge is 0.339 e. The second kappa shape index (κ2) is 7.64. The predicted octanol–water partition coefficient (Wildman–Crippen LogP) is 1.88. The van der Waals surface area contributed by atoms with E-state index in [4.69, 9.17) is 0 Å². The molecule has 0 aliphatic carbocycles. The summed E-state index contributed by atoms with van der Waals surface area (Å²) < 4.78 is 1.46. The maximum absolute atomic E-state index is 12.8. The molecular weight excluding hydrogens is 330 g/mol. The minimum Gasteiger partial charge on any atom is -0.339 e. The first-order valence-corrected chi connectivity index (χ1v) is 9.62. The topological polar surface area (TPSA) is 62.6 Å². The maximum atomic E-state index is 12.8. The van der Waals surface area contributed by atoms with Crippen LogP contribution in [0.15, 0.2) is 23.1 Å². The first kappa shape index (κ1) is 18.7. The van der Waals surface area contributed by atoms with E-state index in [-0.39, 0.29) is 23.4 Å². The van der Waals surface area contributed by atoms with Crippen LogP contribution in [0, 0.1) is 11.8 Å². The summed E-state index contributed by atoms with van der Waals surface area (Å²) >= 11 is 0. The van der Waals surface area contributed by atoms with Crippen LogP contribution in [0.2, 0.25) is 0 Å². The minimum absolute atomic E-state index is 0.0771. The van der Waals surface area contributed by atoms with Crippen molar-refractivity contribution in [3.8, 4) is 0 Å². The van der Waals surface area contributed by atoms with Crippen LogP contribution in [0.5, 0.6) is 0 Å². The highest BCUT2D eigenvalue weighted by molar-refractivity contribution is 5.94. The monoisotopic (exact) mass is 359 g/mol. The molecule has 3 heterocycles. The third kappa shape index (κ3) is 3.84. The predicted molar refractivity (Wildman–Crippen MR) is 99.9 cm³/mol. The van der Waals surface area contributed by atoms with Crippen LogP contribution in [-0.2, 0) is 11.8 Å². The van der Waals surface area contributed by atoms with Crippen LogP contribution >= 0.6 is 0 Å². The van der Waals surface area contributed by atoms with Gasteiger partial charge in [0, 0.05) is 57.0 Å². The van der Waals surface area contributed by atoms with Gasteiger partial charge in [-0.25, -0.2) is 0 Å². The molecule has 2 saturated heterocycles. The Morgan fingerprint density at radius 1 is 1.27 bits per heavy atom. The Hall–Kier alpha value is -2.11. The molecular formula is C20H29N3O3. The van der Waals surface area contributed by atoms with Crippen LogP contribution in [0.4, 0.5) is 0 Å². The number of hydrogen-bond acceptors (Lipinski definition) is 3. The number of amides is 2. The quantitative estimate of drug-likeness (QED) is 0.825. The van der Waals surface area contributed by atoms with Gasteiger partial charge in [-0.1, -0.05) is 13.8 Å². The van der Waals surface area contributed by atoms with Crippen LogP contribution in [0.3, 0.4) is 0 Å². The Kier molecular flexibility index (Phi) is 5.49. The summed E-state index contributed by atoms with van der Waals surface area (Å²) in [7, 11) is 1.67. The van der Waals surface area contributed by atoms with Crippen molar-refractivity contribution in [2.75, 3.05) is 19.6 Å². The number of nitrogens with zero attached hydrogens (tertiary/aromatic N) is 3. The van der Waals surface area contributed by atoms with E-state index in [1.807, 2.05) is 4.90 Å². The summed E-state index contributed by atoms with van der Waals surface area (Å²) in [5, 5.41) is 0. The zero-order valence-corrected chi connectivity index (χ0v) is 16.0. The fraction of sp³-hybridized carbons (Fsp3) is 0.650. The van der Waals surface area contributed by atoms with Crippen molar-refractivity contribution in [3.63, 3.8) is 0 Å². The third-order valence-corrected chi connectivity index (χ3v) is 5.73. The van der Waals surface area contributed by atoms with Gasteiger partial charge in [-0.3, -0.25) is 14.4 Å². The van der Waals surface area contributed by atoms with Crippen molar-refractivity contribution in [2.24, 2.45) is 18.9 Å². The summed E-state index contributed by atoms with van der Waals surface area (Å²) in [5.74, 6) is 1.10. The normalized spacial score (nSPS) is 23.3. The summed E-state index contributed by atoms with van der Waals surface area (Å²) in [6, 6.07) is 3.37. The Labute approximate surface area is 154 Å². The van der Waals surface area contributed by atoms with Crippen molar-refractivity contribution in [3.05, 3.63) is 34.2 Å². The first-order chi connectivity index (χ1) is 12.4. The fourth-order valence-corrected chi connectivity index (χ4v) is 4.09. The van der Waals surface area contributed by atoms with E-state index in [0.29, 0.717) is 36.9 Å². The van der Waals surface area contributed by atoms with E-state index in [1.54, 1.807) is 19.3 Å². The van der Waals surface area contributed by atoms with Crippen LogP contribution < -0.4 is 5.56 Å². The van der Waals surface area contributed by atoms with Crippen molar-refractivity contribution in [1.29, 1.82) is 0 Å². The number of hydrogen-bond donors (Lipinski definition) is 0. The lowest BCUT2D eigenvalue weighted by Gasteiger charge is -2.47. The second-order valence-corrected chi connectivity index (χ2v) is 8.04. The minimum atomic E-state index is -0.172. The van der Waals surface area contributed by atoms with Crippen molar-refractivity contribution in [2.45, 2.75) is 45.6 Å². The molecule has 0 aromatic carbocycles. The summed E-state index contributed by atoms with van der Waals surface area (Å²) in [6.07, 6.45) is 4.90. The van der Waals surface area contributed by atoms with Gasteiger partial charge in [0.2, 0.25) is 5.91 Å². The highest BCUT2D eigenvalue weighted by Crippen LogP contribution is 2.32. The lowest BCUT2D eigenvalue weighted by Crippen LogP contribution is -2.57. The summed E-state index contributed by atoms with van der Waals surface area (Å²) in [5.41, 5.74) is 0.281. The van der Waals surface area contributed by atoms with Gasteiger partial charge in [-0.15, -0.1) is 0 Å². The lowest BCUT2D eigenvalue weighted by molar-refractivity contribution is -0.140. The highest BCUT2D eigenvalue weighted by atomic mass is 16.2. The SMILES string of the molecule is CC(C)CCN1C(=O)CC[C@H]2CN(C(=O)c3ccn(C)c(=O)c3)CC[C@H]21. The molecule has 2 aliphatic heterocycles. The standard InChI is InChI=1S/C20H29N3O3/c1-14(2)6-11-23-17-8-10-22(13-16(17)4-5-18(23)24)20(26)15-7-9-21(3)19(25)12-15/h7,9,12,14,16-17H,4-6,8,10-11,13H2,1-3H3/t16-,17+/m0/s1. The molecule has 2 aliphatic rings. The molecule has 142 valence electrons. The third-order valence-electron chi connectivity index (χ3n) is 5.73. The Morgan fingerprint density at radius 3 is 2.73 bits per heavy atom. The van der Waals surface area contributed by atoms with Gasteiger partial charge in [0.1, 0.15) is 0 Å². The summed E-state index contributed by atoms with van der Waals surface area (Å²) in [4.78, 5) is 40.9. The van der Waals surface area contributed by atoms with Crippen LogP contribution in [0.25, 0.3) is 0 Å². The zero-order chi connectivity index (χ0) is 18.8. The molecule has 0 N–H and O–H groups in total. The molecule has 2 amide bonds. The molecule has 2 fully saturated rings. The molecule has 26 heavy (non-hydrogen) atoms. The van der Waals surface area contributed by atoms with Crippen LogP contribution in [0.1, 0.15) is 49.9 Å². The van der Waals surface area contributed by atoms with Gasteiger partial charge >= 0.3 is 0 Å². The van der Waals surface area contributed by atoms with Crippen molar-refractivity contribution < 1.29 is 9.59 Å². The Balaban J connectivity index is 1.69. The number of piperidine rings is 2. The molecule has 0 saturated carbocycles. The molecule has 1 aromatic heterocycles. The highest BCUT2D eigenvalue weighted by Gasteiger charge is 2.40.